The first kappa shape index (κ1) is 17.2. The molecule has 8 heteroatoms. The molecule has 2 aliphatic rings. The van der Waals surface area contributed by atoms with Crippen LogP contribution in [0.1, 0.15) is 23.2 Å². The molecule has 0 bridgehead atoms. The Morgan fingerprint density at radius 1 is 1.26 bits per heavy atom. The molecule has 2 saturated heterocycles. The number of rotatable bonds is 3. The van der Waals surface area contributed by atoms with Crippen molar-refractivity contribution in [3.05, 3.63) is 33.3 Å². The van der Waals surface area contributed by atoms with Crippen molar-refractivity contribution >= 4 is 43.3 Å². The van der Waals surface area contributed by atoms with Crippen LogP contribution in [-0.2, 0) is 9.84 Å². The van der Waals surface area contributed by atoms with Gasteiger partial charge in [0.1, 0.15) is 0 Å². The fourth-order valence-corrected chi connectivity index (χ4v) is 5.83. The third kappa shape index (κ3) is 3.90. The van der Waals surface area contributed by atoms with Crippen LogP contribution in [0.15, 0.2) is 22.7 Å². The smallest absolute Gasteiger partial charge is 0.253 e. The van der Waals surface area contributed by atoms with E-state index in [9.17, 15) is 13.2 Å². The Hall–Kier alpha value is -0.630. The maximum absolute atomic E-state index is 12.5. The lowest BCUT2D eigenvalue weighted by atomic mass is 10.1. The molecule has 1 amide bonds. The first-order chi connectivity index (χ1) is 10.9. The van der Waals surface area contributed by atoms with Gasteiger partial charge in [0.2, 0.25) is 0 Å². The zero-order valence-corrected chi connectivity index (χ0v) is 15.6. The molecule has 2 unspecified atom stereocenters. The summed E-state index contributed by atoms with van der Waals surface area (Å²) in [5.41, 5.74) is 0.352. The van der Waals surface area contributed by atoms with Crippen molar-refractivity contribution in [3.63, 3.8) is 0 Å². The Labute approximate surface area is 149 Å². The Bertz CT molecular complexity index is 719. The van der Waals surface area contributed by atoms with Gasteiger partial charge in [-0.15, -0.1) is 0 Å². The predicted octanol–water partition coefficient (Wildman–Crippen LogP) is 2.09. The van der Waals surface area contributed by atoms with E-state index in [2.05, 4.69) is 26.1 Å². The highest BCUT2D eigenvalue weighted by molar-refractivity contribution is 9.10. The first-order valence-corrected chi connectivity index (χ1v) is 10.6. The predicted molar refractivity (Wildman–Crippen MR) is 93.7 cm³/mol. The average Bonchev–Trinajstić information content (AvgIpc) is 3.09. The van der Waals surface area contributed by atoms with E-state index in [4.69, 9.17) is 11.6 Å². The number of hydrogen-bond acceptors (Lipinski definition) is 4. The topological polar surface area (TPSA) is 66.5 Å². The minimum absolute atomic E-state index is 0.00840. The summed E-state index contributed by atoms with van der Waals surface area (Å²) in [5, 5.41) is 3.23. The molecule has 0 aromatic heterocycles. The number of carbonyl (C=O) groups excluding carboxylic acids is 1. The summed E-state index contributed by atoms with van der Waals surface area (Å²) in [6, 6.07) is 4.51. The molecule has 0 saturated carbocycles. The summed E-state index contributed by atoms with van der Waals surface area (Å²) in [4.78, 5) is 14.7. The summed E-state index contributed by atoms with van der Waals surface area (Å²) < 4.78 is 24.8. The van der Waals surface area contributed by atoms with E-state index in [1.165, 1.54) is 0 Å². The Morgan fingerprint density at radius 2 is 1.96 bits per heavy atom. The summed E-state index contributed by atoms with van der Waals surface area (Å²) in [6.07, 6.45) is 2.16. The average molecular weight is 422 g/mol. The standard InChI is InChI=1S/C15H18BrClN2O3S/c16-10-3-4-12(17)11(7-10)15(20)18-13-8-23(21,22)9-14(13)19-5-1-2-6-19/h3-4,7,13-14H,1-2,5-6,8-9H2,(H,18,20). The van der Waals surface area contributed by atoms with Gasteiger partial charge >= 0.3 is 0 Å². The van der Waals surface area contributed by atoms with E-state index in [1.807, 2.05) is 0 Å². The normalized spacial score (nSPS) is 27.2. The molecule has 2 fully saturated rings. The second kappa shape index (κ2) is 6.70. The van der Waals surface area contributed by atoms with Crippen LogP contribution in [0.25, 0.3) is 0 Å². The van der Waals surface area contributed by atoms with Gasteiger partial charge in [0.15, 0.2) is 9.84 Å². The number of halogens is 2. The molecule has 2 atom stereocenters. The SMILES string of the molecule is O=C(NC1CS(=O)(=O)CC1N1CCCC1)c1cc(Br)ccc1Cl. The van der Waals surface area contributed by atoms with E-state index in [-0.39, 0.29) is 29.5 Å². The van der Waals surface area contributed by atoms with E-state index >= 15 is 0 Å². The van der Waals surface area contributed by atoms with Crippen LogP contribution in [0.2, 0.25) is 5.02 Å². The van der Waals surface area contributed by atoms with Crippen molar-refractivity contribution in [2.45, 2.75) is 24.9 Å². The van der Waals surface area contributed by atoms with Crippen molar-refractivity contribution in [3.8, 4) is 0 Å². The lowest BCUT2D eigenvalue weighted by Gasteiger charge is -2.28. The van der Waals surface area contributed by atoms with E-state index < -0.39 is 9.84 Å². The van der Waals surface area contributed by atoms with Crippen molar-refractivity contribution < 1.29 is 13.2 Å². The Balaban J connectivity index is 1.79. The summed E-state index contributed by atoms with van der Waals surface area (Å²) in [7, 11) is -3.13. The third-order valence-electron chi connectivity index (χ3n) is 4.42. The lowest BCUT2D eigenvalue weighted by Crippen LogP contribution is -2.50. The quantitative estimate of drug-likeness (QED) is 0.811. The van der Waals surface area contributed by atoms with Gasteiger partial charge in [-0.25, -0.2) is 8.42 Å². The summed E-state index contributed by atoms with van der Waals surface area (Å²) in [5.74, 6) is -0.224. The van der Waals surface area contributed by atoms with Crippen molar-refractivity contribution in [1.29, 1.82) is 0 Å². The molecule has 1 aromatic carbocycles. The zero-order chi connectivity index (χ0) is 16.6. The highest BCUT2D eigenvalue weighted by atomic mass is 79.9. The fraction of sp³-hybridized carbons (Fsp3) is 0.533. The number of sulfone groups is 1. The molecule has 0 aliphatic carbocycles. The second-order valence-corrected chi connectivity index (χ2v) is 9.57. The van der Waals surface area contributed by atoms with Crippen molar-refractivity contribution in [2.24, 2.45) is 0 Å². The number of nitrogens with zero attached hydrogens (tertiary/aromatic N) is 1. The number of amides is 1. The molecule has 0 spiro atoms. The molecule has 3 rings (SSSR count). The number of benzene rings is 1. The lowest BCUT2D eigenvalue weighted by molar-refractivity contribution is 0.0919. The van der Waals surface area contributed by atoms with Gasteiger partial charge in [-0.3, -0.25) is 9.69 Å². The van der Waals surface area contributed by atoms with Gasteiger partial charge in [-0.1, -0.05) is 27.5 Å². The summed E-state index contributed by atoms with van der Waals surface area (Å²) in [6.45, 7) is 1.79. The van der Waals surface area contributed by atoms with Crippen LogP contribution in [-0.4, -0.2) is 55.9 Å². The van der Waals surface area contributed by atoms with Gasteiger partial charge in [0.05, 0.1) is 28.1 Å². The van der Waals surface area contributed by atoms with Crippen molar-refractivity contribution in [1.82, 2.24) is 10.2 Å². The summed E-state index contributed by atoms with van der Waals surface area (Å²) >= 11 is 9.40. The van der Waals surface area contributed by atoms with Crippen LogP contribution in [0.5, 0.6) is 0 Å². The third-order valence-corrected chi connectivity index (χ3v) is 6.96. The number of carbonyl (C=O) groups is 1. The highest BCUT2D eigenvalue weighted by Crippen LogP contribution is 2.25. The van der Waals surface area contributed by atoms with E-state index in [1.54, 1.807) is 18.2 Å². The molecular formula is C15H18BrClN2O3S. The maximum atomic E-state index is 12.5. The van der Waals surface area contributed by atoms with Crippen molar-refractivity contribution in [2.75, 3.05) is 24.6 Å². The number of likely N-dealkylation sites (tertiary alicyclic amines) is 1. The molecule has 5 nitrogen and oxygen atoms in total. The van der Waals surface area contributed by atoms with Crippen LogP contribution >= 0.6 is 27.5 Å². The molecule has 0 radical (unpaired) electrons. The molecule has 1 aromatic rings. The Morgan fingerprint density at radius 3 is 2.65 bits per heavy atom. The molecule has 126 valence electrons. The van der Waals surface area contributed by atoms with Crippen LogP contribution < -0.4 is 5.32 Å². The minimum atomic E-state index is -3.13. The largest absolute Gasteiger partial charge is 0.347 e. The monoisotopic (exact) mass is 420 g/mol. The van der Waals surface area contributed by atoms with Crippen LogP contribution in [0, 0.1) is 0 Å². The first-order valence-electron chi connectivity index (χ1n) is 7.56. The van der Waals surface area contributed by atoms with Gasteiger partial charge < -0.3 is 5.32 Å². The highest BCUT2D eigenvalue weighted by Gasteiger charge is 2.42. The number of nitrogens with one attached hydrogen (secondary N) is 1. The second-order valence-electron chi connectivity index (χ2n) is 6.09. The van der Waals surface area contributed by atoms with Gasteiger partial charge in [0, 0.05) is 10.5 Å². The van der Waals surface area contributed by atoms with Gasteiger partial charge in [-0.2, -0.15) is 0 Å². The molecular weight excluding hydrogens is 404 g/mol. The Kier molecular flexibility index (Phi) is 5.01. The molecule has 2 heterocycles. The van der Waals surface area contributed by atoms with Crippen LogP contribution in [0.4, 0.5) is 0 Å². The van der Waals surface area contributed by atoms with Crippen LogP contribution in [0.3, 0.4) is 0 Å². The molecule has 23 heavy (non-hydrogen) atoms. The van der Waals surface area contributed by atoms with Gasteiger partial charge in [-0.05, 0) is 44.1 Å². The maximum Gasteiger partial charge on any atom is 0.253 e. The van der Waals surface area contributed by atoms with E-state index in [0.717, 1.165) is 30.4 Å². The van der Waals surface area contributed by atoms with E-state index in [0.29, 0.717) is 10.6 Å². The fourth-order valence-electron chi connectivity index (χ4n) is 3.32. The minimum Gasteiger partial charge on any atom is -0.347 e. The zero-order valence-electron chi connectivity index (χ0n) is 12.5. The van der Waals surface area contributed by atoms with Gasteiger partial charge in [0.25, 0.3) is 5.91 Å². The molecule has 2 aliphatic heterocycles. The molecule has 1 N–H and O–H groups in total. The number of hydrogen-bond donors (Lipinski definition) is 1.